The van der Waals surface area contributed by atoms with Crippen LogP contribution in [0.4, 0.5) is 0 Å². The lowest BCUT2D eigenvalue weighted by molar-refractivity contribution is -0.136. The number of carboxylic acids is 1. The van der Waals surface area contributed by atoms with E-state index in [0.29, 0.717) is 32.4 Å². The van der Waals surface area contributed by atoms with Crippen molar-refractivity contribution in [3.63, 3.8) is 0 Å². The van der Waals surface area contributed by atoms with Gasteiger partial charge in [0.05, 0.1) is 15.4 Å². The van der Waals surface area contributed by atoms with E-state index in [0.717, 1.165) is 16.7 Å². The van der Waals surface area contributed by atoms with Crippen LogP contribution in [0.2, 0.25) is 0 Å². The molecule has 0 aliphatic rings. The predicted octanol–water partition coefficient (Wildman–Crippen LogP) is 7.05. The molecule has 3 aromatic carbocycles. The van der Waals surface area contributed by atoms with E-state index in [1.54, 1.807) is 18.2 Å². The van der Waals surface area contributed by atoms with Gasteiger partial charge in [-0.3, -0.25) is 4.79 Å². The SMILES string of the molecule is CC(C)c1cc(Oc2c(Br)cc(CC(=O)O)cc2Br)c(Cc2ccccc2)cc1O. The first-order chi connectivity index (χ1) is 14.2. The molecule has 3 rings (SSSR count). The van der Waals surface area contributed by atoms with E-state index >= 15 is 0 Å². The average Bonchev–Trinajstić information content (AvgIpc) is 2.66. The minimum atomic E-state index is -0.896. The molecule has 0 atom stereocenters. The lowest BCUT2D eigenvalue weighted by Crippen LogP contribution is -2.01. The van der Waals surface area contributed by atoms with Gasteiger partial charge < -0.3 is 14.9 Å². The van der Waals surface area contributed by atoms with E-state index < -0.39 is 5.97 Å². The molecule has 0 saturated heterocycles. The Bertz CT molecular complexity index is 1040. The summed E-state index contributed by atoms with van der Waals surface area (Å²) in [6.45, 7) is 4.03. The van der Waals surface area contributed by atoms with E-state index in [2.05, 4.69) is 31.9 Å². The van der Waals surface area contributed by atoms with Crippen molar-refractivity contribution >= 4 is 37.8 Å². The Labute approximate surface area is 192 Å². The summed E-state index contributed by atoms with van der Waals surface area (Å²) in [6, 6.07) is 17.1. The van der Waals surface area contributed by atoms with Crippen LogP contribution in [-0.2, 0) is 17.6 Å². The summed E-state index contributed by atoms with van der Waals surface area (Å²) in [5.41, 5.74) is 3.42. The molecule has 3 aromatic rings. The Kier molecular flexibility index (Phi) is 7.21. The number of hydrogen-bond donors (Lipinski definition) is 2. The van der Waals surface area contributed by atoms with Gasteiger partial charge in [-0.15, -0.1) is 0 Å². The van der Waals surface area contributed by atoms with Crippen LogP contribution >= 0.6 is 31.9 Å². The van der Waals surface area contributed by atoms with Crippen molar-refractivity contribution in [2.24, 2.45) is 0 Å². The molecule has 0 amide bonds. The van der Waals surface area contributed by atoms with Crippen molar-refractivity contribution in [2.45, 2.75) is 32.6 Å². The summed E-state index contributed by atoms with van der Waals surface area (Å²) in [6.07, 6.45) is 0.530. The zero-order valence-corrected chi connectivity index (χ0v) is 19.8. The van der Waals surface area contributed by atoms with Crippen LogP contribution in [0.1, 0.15) is 42.0 Å². The Balaban J connectivity index is 2.03. The number of carboxylic acid groups (broad SMARTS) is 1. The van der Waals surface area contributed by atoms with Crippen LogP contribution in [0, 0.1) is 0 Å². The van der Waals surface area contributed by atoms with Crippen LogP contribution in [-0.4, -0.2) is 16.2 Å². The molecule has 0 aliphatic heterocycles. The van der Waals surface area contributed by atoms with Crippen LogP contribution in [0.3, 0.4) is 0 Å². The molecule has 30 heavy (non-hydrogen) atoms. The first-order valence-corrected chi connectivity index (χ1v) is 11.1. The Morgan fingerprint density at radius 3 is 2.20 bits per heavy atom. The zero-order valence-electron chi connectivity index (χ0n) is 16.7. The van der Waals surface area contributed by atoms with Crippen molar-refractivity contribution in [3.05, 3.63) is 85.8 Å². The highest BCUT2D eigenvalue weighted by molar-refractivity contribution is 9.11. The van der Waals surface area contributed by atoms with Crippen LogP contribution in [0.5, 0.6) is 17.2 Å². The molecule has 0 radical (unpaired) electrons. The fourth-order valence-corrected chi connectivity index (χ4v) is 4.68. The van der Waals surface area contributed by atoms with Gasteiger partial charge in [-0.1, -0.05) is 44.2 Å². The van der Waals surface area contributed by atoms with Gasteiger partial charge in [0.2, 0.25) is 0 Å². The van der Waals surface area contributed by atoms with Crippen molar-refractivity contribution < 1.29 is 19.7 Å². The summed E-state index contributed by atoms with van der Waals surface area (Å²) < 4.78 is 7.60. The van der Waals surface area contributed by atoms with Crippen LogP contribution in [0.25, 0.3) is 0 Å². The Hall–Kier alpha value is -2.31. The quantitative estimate of drug-likeness (QED) is 0.341. The van der Waals surface area contributed by atoms with Crippen molar-refractivity contribution in [3.8, 4) is 17.2 Å². The van der Waals surface area contributed by atoms with Crippen LogP contribution in [0.15, 0.2) is 63.5 Å². The predicted molar refractivity (Wildman–Crippen MR) is 125 cm³/mol. The maximum Gasteiger partial charge on any atom is 0.307 e. The lowest BCUT2D eigenvalue weighted by atomic mass is 9.96. The largest absolute Gasteiger partial charge is 0.508 e. The highest BCUT2D eigenvalue weighted by Gasteiger charge is 2.17. The standard InChI is InChI=1S/C24H22Br2O4/c1-14(2)18-13-22(17(12-21(18)27)8-15-6-4-3-5-7-15)30-24-19(25)9-16(10-20(24)26)11-23(28)29/h3-7,9-10,12-14,27H,8,11H2,1-2H3,(H,28,29). The number of hydrogen-bond acceptors (Lipinski definition) is 3. The molecule has 0 saturated carbocycles. The molecule has 2 N–H and O–H groups in total. The number of carbonyl (C=O) groups is 1. The van der Waals surface area contributed by atoms with E-state index in [-0.39, 0.29) is 18.1 Å². The topological polar surface area (TPSA) is 66.8 Å². The van der Waals surface area contributed by atoms with Gasteiger partial charge in [0.1, 0.15) is 11.5 Å². The third kappa shape index (κ3) is 5.43. The summed E-state index contributed by atoms with van der Waals surface area (Å²) >= 11 is 7.00. The highest BCUT2D eigenvalue weighted by Crippen LogP contribution is 2.41. The third-order valence-corrected chi connectivity index (χ3v) is 5.87. The third-order valence-electron chi connectivity index (χ3n) is 4.69. The number of phenolic OH excluding ortho intramolecular Hbond substituents is 1. The first kappa shape index (κ1) is 22.4. The second-order valence-corrected chi connectivity index (χ2v) is 9.11. The molecule has 0 fully saturated rings. The molecule has 0 spiro atoms. The average molecular weight is 534 g/mol. The number of benzene rings is 3. The van der Waals surface area contributed by atoms with Crippen molar-refractivity contribution in [2.75, 3.05) is 0 Å². The minimum absolute atomic E-state index is 0.0759. The van der Waals surface area contributed by atoms with Crippen LogP contribution < -0.4 is 4.74 Å². The van der Waals surface area contributed by atoms with Crippen molar-refractivity contribution in [1.29, 1.82) is 0 Å². The molecule has 0 heterocycles. The Morgan fingerprint density at radius 2 is 1.63 bits per heavy atom. The molecule has 0 unspecified atom stereocenters. The van der Waals surface area contributed by atoms with E-state index in [1.165, 1.54) is 0 Å². The van der Waals surface area contributed by atoms with Gasteiger partial charge in [-0.2, -0.15) is 0 Å². The molecule has 6 heteroatoms. The van der Waals surface area contributed by atoms with Gasteiger partial charge in [0.25, 0.3) is 0 Å². The maximum absolute atomic E-state index is 11.0. The number of ether oxygens (including phenoxy) is 1. The molecule has 0 aliphatic carbocycles. The molecular formula is C24H22Br2O4. The molecule has 0 aromatic heterocycles. The summed E-state index contributed by atoms with van der Waals surface area (Å²) in [4.78, 5) is 11.0. The number of aromatic hydroxyl groups is 1. The molecule has 4 nitrogen and oxygen atoms in total. The zero-order chi connectivity index (χ0) is 21.8. The number of phenols is 1. The van der Waals surface area contributed by atoms with E-state index in [4.69, 9.17) is 9.84 Å². The Morgan fingerprint density at radius 1 is 1.00 bits per heavy atom. The van der Waals surface area contributed by atoms with Gasteiger partial charge in [0.15, 0.2) is 5.75 Å². The summed E-state index contributed by atoms with van der Waals surface area (Å²) in [5.74, 6) is 0.681. The molecule has 0 bridgehead atoms. The van der Waals surface area contributed by atoms with Gasteiger partial charge in [0, 0.05) is 17.5 Å². The van der Waals surface area contributed by atoms with Gasteiger partial charge >= 0.3 is 5.97 Å². The number of halogens is 2. The van der Waals surface area contributed by atoms with E-state index in [9.17, 15) is 9.90 Å². The monoisotopic (exact) mass is 532 g/mol. The summed E-state index contributed by atoms with van der Waals surface area (Å²) in [5, 5.41) is 19.6. The molecular weight excluding hydrogens is 512 g/mol. The lowest BCUT2D eigenvalue weighted by Gasteiger charge is -2.18. The summed E-state index contributed by atoms with van der Waals surface area (Å²) in [7, 11) is 0. The number of aliphatic carboxylic acids is 1. The van der Waals surface area contributed by atoms with Crippen molar-refractivity contribution in [1.82, 2.24) is 0 Å². The maximum atomic E-state index is 11.0. The highest BCUT2D eigenvalue weighted by atomic mass is 79.9. The number of rotatable bonds is 7. The normalized spacial score (nSPS) is 11.0. The fraction of sp³-hybridized carbons (Fsp3) is 0.208. The van der Waals surface area contributed by atoms with E-state index in [1.807, 2.05) is 50.2 Å². The fourth-order valence-electron chi connectivity index (χ4n) is 3.24. The molecule has 156 valence electrons. The van der Waals surface area contributed by atoms with Gasteiger partial charge in [-0.05, 0) is 73.2 Å². The smallest absolute Gasteiger partial charge is 0.307 e. The first-order valence-electron chi connectivity index (χ1n) is 9.52. The second-order valence-electron chi connectivity index (χ2n) is 7.40. The minimum Gasteiger partial charge on any atom is -0.508 e. The van der Waals surface area contributed by atoms with Gasteiger partial charge in [-0.25, -0.2) is 0 Å². The second kappa shape index (κ2) is 9.67.